The number of hydrogen-bond acceptors (Lipinski definition) is 9. The van der Waals surface area contributed by atoms with E-state index in [4.69, 9.17) is 0 Å². The highest BCUT2D eigenvalue weighted by Gasteiger charge is 2.57. The predicted molar refractivity (Wildman–Crippen MR) is 194 cm³/mol. The Kier molecular flexibility index (Phi) is 9.84. The fourth-order valence-corrected chi connectivity index (χ4v) is 6.89. The zero-order valence-electron chi connectivity index (χ0n) is 29.3. The van der Waals surface area contributed by atoms with Crippen molar-refractivity contribution in [2.45, 2.75) is 50.8 Å². The Labute approximate surface area is 303 Å². The van der Waals surface area contributed by atoms with Crippen molar-refractivity contribution in [3.8, 4) is 16.8 Å². The second-order valence-electron chi connectivity index (χ2n) is 13.1. The van der Waals surface area contributed by atoms with Crippen LogP contribution in [0.25, 0.3) is 16.8 Å². The molecule has 1 aliphatic heterocycles. The molecule has 1 saturated heterocycles. The summed E-state index contributed by atoms with van der Waals surface area (Å²) in [6.45, 7) is 6.50. The highest BCUT2D eigenvalue weighted by atomic mass is 19.3. The summed E-state index contributed by atoms with van der Waals surface area (Å²) in [5.41, 5.74) is -0.249. The molecular formula is C38H39F3N10O2. The van der Waals surface area contributed by atoms with E-state index in [1.165, 1.54) is 24.4 Å². The van der Waals surface area contributed by atoms with Crippen LogP contribution in [0.1, 0.15) is 44.0 Å². The van der Waals surface area contributed by atoms with E-state index >= 15 is 8.78 Å². The Hall–Kier alpha value is -5.83. The molecule has 53 heavy (non-hydrogen) atoms. The van der Waals surface area contributed by atoms with Crippen LogP contribution in [0.5, 0.6) is 0 Å². The quantitative estimate of drug-likeness (QED) is 0.172. The third-order valence-corrected chi connectivity index (χ3v) is 10.0. The van der Waals surface area contributed by atoms with Gasteiger partial charge in [-0.15, -0.1) is 5.10 Å². The lowest BCUT2D eigenvalue weighted by atomic mass is 9.84. The van der Waals surface area contributed by atoms with E-state index in [1.54, 1.807) is 15.6 Å². The van der Waals surface area contributed by atoms with Crippen LogP contribution >= 0.6 is 0 Å². The summed E-state index contributed by atoms with van der Waals surface area (Å²) < 4.78 is 51.2. The van der Waals surface area contributed by atoms with Crippen molar-refractivity contribution < 1.29 is 18.3 Å². The van der Waals surface area contributed by atoms with Gasteiger partial charge in [0, 0.05) is 54.9 Å². The number of rotatable bonds is 12. The Morgan fingerprint density at radius 1 is 0.792 bits per heavy atom. The number of anilines is 2. The Bertz CT molecular complexity index is 2180. The first-order chi connectivity index (χ1) is 25.6. The fourth-order valence-electron chi connectivity index (χ4n) is 6.89. The van der Waals surface area contributed by atoms with Gasteiger partial charge in [0.15, 0.2) is 5.60 Å². The SMILES string of the molecule is CCC(CC)n1ncn(-c2ccc(N3CCN(c4ccc(-c5ccc(C(F)(F)C(O)(Cn6cnnn6)c6ccccc6F)nc5)cc4)CC3)cc2)c1=O. The fraction of sp³-hybridized carbons (Fsp3) is 0.316. The Morgan fingerprint density at radius 3 is 1.96 bits per heavy atom. The van der Waals surface area contributed by atoms with Crippen molar-refractivity contribution in [3.63, 3.8) is 0 Å². The molecular weight excluding hydrogens is 685 g/mol. The highest BCUT2D eigenvalue weighted by molar-refractivity contribution is 5.66. The number of halogens is 3. The smallest absolute Gasteiger partial charge is 0.350 e. The van der Waals surface area contributed by atoms with Gasteiger partial charge in [-0.1, -0.05) is 50.2 Å². The number of nitrogens with zero attached hydrogens (tertiary/aromatic N) is 10. The second-order valence-corrected chi connectivity index (χ2v) is 13.1. The van der Waals surface area contributed by atoms with Gasteiger partial charge in [0.05, 0.1) is 18.3 Å². The Balaban J connectivity index is 1.00. The lowest BCUT2D eigenvalue weighted by Gasteiger charge is -2.37. The van der Waals surface area contributed by atoms with Crippen molar-refractivity contribution in [2.75, 3.05) is 36.0 Å². The first-order valence-electron chi connectivity index (χ1n) is 17.5. The van der Waals surface area contributed by atoms with Crippen LogP contribution in [0, 0.1) is 5.82 Å². The summed E-state index contributed by atoms with van der Waals surface area (Å²) in [5, 5.41) is 26.3. The maximum atomic E-state index is 16.2. The summed E-state index contributed by atoms with van der Waals surface area (Å²) in [5.74, 6) is -5.02. The molecule has 3 aromatic carbocycles. The van der Waals surface area contributed by atoms with Gasteiger partial charge < -0.3 is 14.9 Å². The third kappa shape index (κ3) is 6.79. The molecule has 0 saturated carbocycles. The molecule has 1 unspecified atom stereocenters. The average Bonchev–Trinajstić information content (AvgIpc) is 3.85. The second kappa shape index (κ2) is 14.7. The van der Waals surface area contributed by atoms with Gasteiger partial charge in [0.1, 0.15) is 24.2 Å². The van der Waals surface area contributed by atoms with Crippen molar-refractivity contribution >= 4 is 11.4 Å². The molecule has 6 aromatic rings. The van der Waals surface area contributed by atoms with Crippen LogP contribution in [0.2, 0.25) is 0 Å². The van der Waals surface area contributed by atoms with Crippen molar-refractivity contribution in [1.82, 2.24) is 39.5 Å². The van der Waals surface area contributed by atoms with Gasteiger partial charge in [-0.3, -0.25) is 4.98 Å². The monoisotopic (exact) mass is 724 g/mol. The van der Waals surface area contributed by atoms with Gasteiger partial charge in [-0.25, -0.2) is 23.1 Å². The summed E-state index contributed by atoms with van der Waals surface area (Å²) >= 11 is 0. The number of benzene rings is 3. The number of aliphatic hydroxyl groups is 1. The number of aromatic nitrogens is 8. The van der Waals surface area contributed by atoms with Crippen molar-refractivity contribution in [2.24, 2.45) is 0 Å². The number of alkyl halides is 2. The van der Waals surface area contributed by atoms with Crippen molar-refractivity contribution in [3.05, 3.63) is 131 Å². The average molecular weight is 725 g/mol. The lowest BCUT2D eigenvalue weighted by molar-refractivity contribution is -0.207. The van der Waals surface area contributed by atoms with Crippen LogP contribution in [0.4, 0.5) is 24.5 Å². The normalized spacial score (nSPS) is 14.8. The van der Waals surface area contributed by atoms with E-state index in [9.17, 15) is 14.3 Å². The molecule has 0 bridgehead atoms. The van der Waals surface area contributed by atoms with Gasteiger partial charge in [0.2, 0.25) is 0 Å². The van der Waals surface area contributed by atoms with Crippen LogP contribution in [-0.2, 0) is 18.1 Å². The largest absolute Gasteiger partial charge is 0.377 e. The molecule has 0 radical (unpaired) electrons. The molecule has 3 aromatic heterocycles. The number of tetrazole rings is 1. The minimum Gasteiger partial charge on any atom is -0.377 e. The standard InChI is InChI=1S/C38H39F3N10O2/c1-3-29(4-2)51-36(52)50(26-44-51)32-16-14-31(15-17-32)48-21-19-47(20-22-48)30-12-9-27(10-13-30)28-11-18-35(42-23-28)38(40,41)37(53,24-49-25-43-45-46-49)33-7-5-6-8-34(33)39/h5-18,23,25-26,29,53H,3-4,19-22,24H2,1-2H3. The van der Waals surface area contributed by atoms with E-state index in [2.05, 4.69) is 49.3 Å². The van der Waals surface area contributed by atoms with E-state index in [0.29, 0.717) is 5.56 Å². The molecule has 1 N–H and O–H groups in total. The van der Waals surface area contributed by atoms with Gasteiger partial charge >= 0.3 is 11.6 Å². The molecule has 12 nitrogen and oxygen atoms in total. The van der Waals surface area contributed by atoms with Crippen molar-refractivity contribution in [1.29, 1.82) is 0 Å². The van der Waals surface area contributed by atoms with Crippen LogP contribution < -0.4 is 15.5 Å². The third-order valence-electron chi connectivity index (χ3n) is 10.0. The Morgan fingerprint density at radius 2 is 1.40 bits per heavy atom. The summed E-state index contributed by atoms with van der Waals surface area (Å²) in [4.78, 5) is 21.6. The molecule has 1 aliphatic rings. The van der Waals surface area contributed by atoms with Gasteiger partial charge in [0.25, 0.3) is 0 Å². The molecule has 4 heterocycles. The molecule has 0 aliphatic carbocycles. The number of pyridine rings is 1. The zero-order valence-corrected chi connectivity index (χ0v) is 29.3. The molecule has 1 atom stereocenters. The highest BCUT2D eigenvalue weighted by Crippen LogP contribution is 2.46. The molecule has 0 spiro atoms. The van der Waals surface area contributed by atoms with E-state index in [1.807, 2.05) is 48.5 Å². The first-order valence-corrected chi connectivity index (χ1v) is 17.5. The maximum Gasteiger partial charge on any atom is 0.350 e. The van der Waals surface area contributed by atoms with Crippen LogP contribution in [-0.4, -0.2) is 70.8 Å². The molecule has 274 valence electrons. The number of hydrogen-bond donors (Lipinski definition) is 1. The lowest BCUT2D eigenvalue weighted by Crippen LogP contribution is -2.48. The minimum absolute atomic E-state index is 0.0829. The topological polar surface area (TPSA) is 123 Å². The molecule has 1 fully saturated rings. The summed E-state index contributed by atoms with van der Waals surface area (Å²) in [6.07, 6.45) is 5.66. The van der Waals surface area contributed by atoms with Gasteiger partial charge in [-0.05, 0) is 77.4 Å². The van der Waals surface area contributed by atoms with Crippen LogP contribution in [0.3, 0.4) is 0 Å². The van der Waals surface area contributed by atoms with E-state index in [0.717, 1.165) is 90.9 Å². The van der Waals surface area contributed by atoms with E-state index < -0.39 is 35.1 Å². The summed E-state index contributed by atoms with van der Waals surface area (Å²) in [6, 6.07) is 23.3. The predicted octanol–water partition coefficient (Wildman–Crippen LogP) is 5.59. The maximum absolute atomic E-state index is 16.2. The molecule has 15 heteroatoms. The minimum atomic E-state index is -4.02. The first kappa shape index (κ1) is 35.6. The number of piperazine rings is 1. The van der Waals surface area contributed by atoms with E-state index in [-0.39, 0.29) is 11.7 Å². The summed E-state index contributed by atoms with van der Waals surface area (Å²) in [7, 11) is 0. The molecule has 7 rings (SSSR count). The van der Waals surface area contributed by atoms with Crippen LogP contribution in [0.15, 0.2) is 109 Å². The zero-order chi connectivity index (χ0) is 37.2. The molecule has 0 amide bonds. The van der Waals surface area contributed by atoms with Gasteiger partial charge in [-0.2, -0.15) is 13.9 Å².